The van der Waals surface area contributed by atoms with Gasteiger partial charge in [0.2, 0.25) is 0 Å². The number of nitro groups is 1. The normalized spacial score (nSPS) is 11.0. The molecule has 84 valence electrons. The van der Waals surface area contributed by atoms with Gasteiger partial charge < -0.3 is 4.90 Å². The van der Waals surface area contributed by atoms with E-state index < -0.39 is 4.92 Å². The number of nitrogens with zero attached hydrogens (tertiary/aromatic N) is 2. The summed E-state index contributed by atoms with van der Waals surface area (Å²) in [4.78, 5) is 22.5. The summed E-state index contributed by atoms with van der Waals surface area (Å²) in [6.07, 6.45) is 2.38. The molecule has 0 saturated carbocycles. The number of carbonyl (C=O) groups is 1. The number of carbonyl (C=O) groups excluding carboxylic acids is 1. The van der Waals surface area contributed by atoms with Crippen molar-refractivity contribution in [1.29, 1.82) is 0 Å². The lowest BCUT2D eigenvalue weighted by molar-refractivity contribution is -0.384. The van der Waals surface area contributed by atoms with Gasteiger partial charge in [-0.05, 0) is 17.7 Å². The average molecular weight is 220 g/mol. The van der Waals surface area contributed by atoms with Gasteiger partial charge in [0.05, 0.1) is 4.92 Å². The fourth-order valence-corrected chi connectivity index (χ4v) is 1.23. The van der Waals surface area contributed by atoms with E-state index in [2.05, 4.69) is 0 Å². The molecule has 0 atom stereocenters. The molecule has 0 aliphatic heterocycles. The van der Waals surface area contributed by atoms with Crippen LogP contribution in [0.25, 0.3) is 5.57 Å². The Labute approximate surface area is 93.1 Å². The fraction of sp³-hybridized carbons (Fsp3) is 0.182. The molecular weight excluding hydrogens is 208 g/mol. The van der Waals surface area contributed by atoms with E-state index in [1.54, 1.807) is 37.3 Å². The van der Waals surface area contributed by atoms with Crippen molar-refractivity contribution in [3.63, 3.8) is 0 Å². The number of allylic oxidation sites excluding steroid dienone is 1. The Morgan fingerprint density at radius 3 is 2.25 bits per heavy atom. The molecule has 1 aromatic carbocycles. The van der Waals surface area contributed by atoms with Crippen LogP contribution in [-0.4, -0.2) is 30.2 Å². The number of rotatable bonds is 4. The van der Waals surface area contributed by atoms with Gasteiger partial charge in [0.1, 0.15) is 0 Å². The third-order valence-electron chi connectivity index (χ3n) is 1.94. The lowest BCUT2D eigenvalue weighted by atomic mass is 10.1. The largest absolute Gasteiger partial charge is 0.383 e. The summed E-state index contributed by atoms with van der Waals surface area (Å²) in [5, 5.41) is 10.4. The van der Waals surface area contributed by atoms with Crippen LogP contribution in [0.3, 0.4) is 0 Å². The molecule has 0 spiro atoms. The third kappa shape index (κ3) is 2.91. The zero-order valence-electron chi connectivity index (χ0n) is 9.08. The first-order chi connectivity index (χ1) is 7.54. The van der Waals surface area contributed by atoms with E-state index in [1.807, 2.05) is 0 Å². The molecule has 0 amide bonds. The van der Waals surface area contributed by atoms with Gasteiger partial charge in [0.25, 0.3) is 5.69 Å². The molecular formula is C11H12N2O3. The number of hydrogen-bond acceptors (Lipinski definition) is 4. The van der Waals surface area contributed by atoms with Gasteiger partial charge in [0.15, 0.2) is 6.29 Å². The first-order valence-corrected chi connectivity index (χ1v) is 4.63. The van der Waals surface area contributed by atoms with Crippen LogP contribution in [0.4, 0.5) is 5.69 Å². The van der Waals surface area contributed by atoms with Gasteiger partial charge in [0, 0.05) is 38.0 Å². The van der Waals surface area contributed by atoms with E-state index in [0.717, 1.165) is 6.29 Å². The van der Waals surface area contributed by atoms with Crippen LogP contribution < -0.4 is 0 Å². The van der Waals surface area contributed by atoms with E-state index in [9.17, 15) is 14.9 Å². The maximum atomic E-state index is 10.8. The van der Waals surface area contributed by atoms with Gasteiger partial charge in [-0.25, -0.2) is 0 Å². The summed E-state index contributed by atoms with van der Waals surface area (Å²) in [6.45, 7) is 0. The summed E-state index contributed by atoms with van der Waals surface area (Å²) in [6, 6.07) is 5.87. The molecule has 1 aromatic rings. The predicted molar refractivity (Wildman–Crippen MR) is 60.8 cm³/mol. The van der Waals surface area contributed by atoms with E-state index >= 15 is 0 Å². The van der Waals surface area contributed by atoms with Crippen LogP contribution in [-0.2, 0) is 4.79 Å². The Bertz CT molecular complexity index is 421. The fourth-order valence-electron chi connectivity index (χ4n) is 1.23. The third-order valence-corrected chi connectivity index (χ3v) is 1.94. The lowest BCUT2D eigenvalue weighted by Gasteiger charge is -2.07. The molecule has 1 rings (SSSR count). The summed E-state index contributed by atoms with van der Waals surface area (Å²) in [5.41, 5.74) is 1.16. The molecule has 0 heterocycles. The number of non-ortho nitro benzene ring substituents is 1. The second-order valence-corrected chi connectivity index (χ2v) is 3.47. The molecule has 0 radical (unpaired) electrons. The van der Waals surface area contributed by atoms with Crippen molar-refractivity contribution >= 4 is 17.5 Å². The Morgan fingerprint density at radius 2 is 1.88 bits per heavy atom. The molecule has 0 aliphatic carbocycles. The van der Waals surface area contributed by atoms with Crippen molar-refractivity contribution < 1.29 is 9.72 Å². The van der Waals surface area contributed by atoms with Crippen molar-refractivity contribution in [3.8, 4) is 0 Å². The molecule has 0 N–H and O–H groups in total. The monoisotopic (exact) mass is 220 g/mol. The number of hydrogen-bond donors (Lipinski definition) is 0. The van der Waals surface area contributed by atoms with Crippen molar-refractivity contribution in [3.05, 3.63) is 46.1 Å². The van der Waals surface area contributed by atoms with Gasteiger partial charge in [-0.2, -0.15) is 0 Å². The van der Waals surface area contributed by atoms with Crippen LogP contribution in [0.5, 0.6) is 0 Å². The topological polar surface area (TPSA) is 63.5 Å². The number of nitro benzene ring substituents is 1. The Hall–Kier alpha value is -2.17. The summed E-state index contributed by atoms with van der Waals surface area (Å²) in [7, 11) is 3.60. The maximum Gasteiger partial charge on any atom is 0.269 e. The molecule has 0 aromatic heterocycles. The van der Waals surface area contributed by atoms with Crippen molar-refractivity contribution in [1.82, 2.24) is 4.90 Å². The molecule has 16 heavy (non-hydrogen) atoms. The Kier molecular flexibility index (Phi) is 3.77. The summed E-state index contributed by atoms with van der Waals surface area (Å²) >= 11 is 0. The first kappa shape index (κ1) is 11.9. The van der Waals surface area contributed by atoms with Crippen molar-refractivity contribution in [2.75, 3.05) is 14.1 Å². The van der Waals surface area contributed by atoms with Gasteiger partial charge in [-0.1, -0.05) is 0 Å². The Balaban J connectivity index is 3.04. The standard InChI is InChI=1S/C11H12N2O3/c1-12(2)7-10(8-14)9-3-5-11(6-4-9)13(15)16/h3-8H,1-2H3/b10-7-. The summed E-state index contributed by atoms with van der Waals surface area (Å²) < 4.78 is 0. The van der Waals surface area contributed by atoms with E-state index in [1.165, 1.54) is 12.1 Å². The molecule has 0 saturated heterocycles. The minimum absolute atomic E-state index is 0.0128. The highest BCUT2D eigenvalue weighted by Crippen LogP contribution is 2.17. The van der Waals surface area contributed by atoms with E-state index in [4.69, 9.17) is 0 Å². The highest BCUT2D eigenvalue weighted by molar-refractivity contribution is 6.06. The minimum atomic E-state index is -0.472. The molecule has 0 aliphatic rings. The first-order valence-electron chi connectivity index (χ1n) is 4.63. The van der Waals surface area contributed by atoms with Crippen LogP contribution in [0.15, 0.2) is 30.5 Å². The zero-order chi connectivity index (χ0) is 12.1. The van der Waals surface area contributed by atoms with Crippen LogP contribution in [0.2, 0.25) is 0 Å². The van der Waals surface area contributed by atoms with Gasteiger partial charge >= 0.3 is 0 Å². The van der Waals surface area contributed by atoms with Crippen LogP contribution >= 0.6 is 0 Å². The van der Waals surface area contributed by atoms with Crippen LogP contribution in [0, 0.1) is 10.1 Å². The molecule has 5 heteroatoms. The lowest BCUT2D eigenvalue weighted by Crippen LogP contribution is -2.03. The average Bonchev–Trinajstić information content (AvgIpc) is 2.25. The summed E-state index contributed by atoms with van der Waals surface area (Å²) in [5.74, 6) is 0. The molecule has 0 fully saturated rings. The minimum Gasteiger partial charge on any atom is -0.383 e. The van der Waals surface area contributed by atoms with Crippen molar-refractivity contribution in [2.45, 2.75) is 0 Å². The highest BCUT2D eigenvalue weighted by atomic mass is 16.6. The van der Waals surface area contributed by atoms with E-state index in [0.29, 0.717) is 11.1 Å². The van der Waals surface area contributed by atoms with Crippen LogP contribution in [0.1, 0.15) is 5.56 Å². The van der Waals surface area contributed by atoms with Crippen molar-refractivity contribution in [2.24, 2.45) is 0 Å². The second-order valence-electron chi connectivity index (χ2n) is 3.47. The zero-order valence-corrected chi connectivity index (χ0v) is 9.08. The highest BCUT2D eigenvalue weighted by Gasteiger charge is 2.06. The van der Waals surface area contributed by atoms with E-state index in [-0.39, 0.29) is 5.69 Å². The van der Waals surface area contributed by atoms with Gasteiger partial charge in [-0.15, -0.1) is 0 Å². The van der Waals surface area contributed by atoms with Gasteiger partial charge in [-0.3, -0.25) is 14.9 Å². The molecule has 5 nitrogen and oxygen atoms in total. The number of benzene rings is 1. The Morgan fingerprint density at radius 1 is 1.31 bits per heavy atom. The predicted octanol–water partition coefficient (Wildman–Crippen LogP) is 1.70. The quantitative estimate of drug-likeness (QED) is 0.335. The smallest absolute Gasteiger partial charge is 0.269 e. The second kappa shape index (κ2) is 5.06. The molecule has 0 unspecified atom stereocenters. The number of aldehydes is 1. The SMILES string of the molecule is CN(C)/C=C(/C=O)c1ccc([N+](=O)[O-])cc1. The molecule has 0 bridgehead atoms. The maximum absolute atomic E-state index is 10.8.